The van der Waals surface area contributed by atoms with Crippen molar-refractivity contribution in [2.45, 2.75) is 78.1 Å². The first-order chi connectivity index (χ1) is 5.91. The fraction of sp³-hybridized carbons (Fsp3) is 1.00. The molecule has 0 fully saturated rings. The van der Waals surface area contributed by atoms with E-state index in [9.17, 15) is 0 Å². The minimum Gasteiger partial charge on any atom is -0.0654 e. The first-order valence-electron chi connectivity index (χ1n) is 5.91. The van der Waals surface area contributed by atoms with Gasteiger partial charge >= 0.3 is 23.1 Å². The highest BCUT2D eigenvalue weighted by atomic mass is 24.3. The van der Waals surface area contributed by atoms with Crippen molar-refractivity contribution in [3.8, 4) is 0 Å². The van der Waals surface area contributed by atoms with Crippen LogP contribution >= 0.6 is 0 Å². The molecule has 0 aliphatic heterocycles. The molecule has 13 heavy (non-hydrogen) atoms. The van der Waals surface area contributed by atoms with Gasteiger partial charge in [-0.3, -0.25) is 0 Å². The quantitative estimate of drug-likeness (QED) is 0.386. The molecule has 0 aromatic carbocycles. The third-order valence-electron chi connectivity index (χ3n) is 2.46. The molecular weight excluding hydrogens is 168 g/mol. The zero-order valence-electron chi connectivity index (χ0n) is 9.07. The third kappa shape index (κ3) is 15.5. The lowest BCUT2D eigenvalue weighted by Gasteiger charge is -1.99. The van der Waals surface area contributed by atoms with Crippen LogP contribution in [0.5, 0.6) is 0 Å². The largest absolute Gasteiger partial charge is 0.316 e. The van der Waals surface area contributed by atoms with Gasteiger partial charge in [-0.1, -0.05) is 78.1 Å². The molecule has 0 heterocycles. The fourth-order valence-corrected chi connectivity index (χ4v) is 1.56. The Bertz CT molecular complexity index is 61.5. The van der Waals surface area contributed by atoms with Crippen LogP contribution in [0.3, 0.4) is 0 Å². The molecule has 0 saturated heterocycles. The van der Waals surface area contributed by atoms with Crippen LogP contribution in [-0.4, -0.2) is 23.1 Å². The summed E-state index contributed by atoms with van der Waals surface area (Å²) in [6.45, 7) is 4.56. The van der Waals surface area contributed by atoms with Crippen molar-refractivity contribution in [2.75, 3.05) is 0 Å². The standard InChI is InChI=1S/C12H26.Mg.2H/c1-3-5-7-9-11-12-10-8-6-4-2;;;/h3-12H2,1-2H3;;;. The van der Waals surface area contributed by atoms with Crippen molar-refractivity contribution in [1.82, 2.24) is 0 Å². The lowest BCUT2D eigenvalue weighted by atomic mass is 10.1. The van der Waals surface area contributed by atoms with Crippen LogP contribution in [0, 0.1) is 0 Å². The van der Waals surface area contributed by atoms with Gasteiger partial charge in [0.05, 0.1) is 0 Å². The van der Waals surface area contributed by atoms with Crippen LogP contribution in [0.2, 0.25) is 0 Å². The van der Waals surface area contributed by atoms with Gasteiger partial charge in [0.2, 0.25) is 0 Å². The van der Waals surface area contributed by atoms with Gasteiger partial charge in [-0.05, 0) is 0 Å². The Morgan fingerprint density at radius 2 is 0.692 bits per heavy atom. The van der Waals surface area contributed by atoms with Crippen LogP contribution < -0.4 is 0 Å². The first-order valence-corrected chi connectivity index (χ1v) is 5.91. The van der Waals surface area contributed by atoms with E-state index in [1.807, 2.05) is 0 Å². The molecule has 0 aromatic heterocycles. The maximum absolute atomic E-state index is 2.28. The maximum atomic E-state index is 2.28. The molecule has 0 radical (unpaired) electrons. The Hall–Kier alpha value is 0.766. The normalized spacial score (nSPS) is 9.69. The molecule has 0 spiro atoms. The van der Waals surface area contributed by atoms with Crippen LogP contribution in [0.25, 0.3) is 0 Å². The molecule has 0 amide bonds. The highest BCUT2D eigenvalue weighted by Gasteiger charge is 1.90. The number of hydrogen-bond acceptors (Lipinski definition) is 0. The zero-order chi connectivity index (χ0) is 9.07. The van der Waals surface area contributed by atoms with Gasteiger partial charge in [0.25, 0.3) is 0 Å². The van der Waals surface area contributed by atoms with E-state index in [4.69, 9.17) is 0 Å². The molecule has 0 unspecified atom stereocenters. The van der Waals surface area contributed by atoms with Gasteiger partial charge in [-0.2, -0.15) is 0 Å². The number of rotatable bonds is 9. The summed E-state index contributed by atoms with van der Waals surface area (Å²) < 4.78 is 0. The minimum absolute atomic E-state index is 0. The Kier molecular flexibility index (Phi) is 19.0. The summed E-state index contributed by atoms with van der Waals surface area (Å²) in [6.07, 6.45) is 14.4. The van der Waals surface area contributed by atoms with Crippen molar-refractivity contribution in [3.63, 3.8) is 0 Å². The summed E-state index contributed by atoms with van der Waals surface area (Å²) in [5.74, 6) is 0. The van der Waals surface area contributed by atoms with E-state index in [-0.39, 0.29) is 23.1 Å². The number of unbranched alkanes of at least 4 members (excludes halogenated alkanes) is 9. The fourth-order valence-electron chi connectivity index (χ4n) is 1.56. The molecule has 0 N–H and O–H groups in total. The van der Waals surface area contributed by atoms with Crippen molar-refractivity contribution in [2.24, 2.45) is 0 Å². The summed E-state index contributed by atoms with van der Waals surface area (Å²) in [6, 6.07) is 0. The van der Waals surface area contributed by atoms with E-state index in [0.29, 0.717) is 0 Å². The van der Waals surface area contributed by atoms with Gasteiger partial charge in [-0.25, -0.2) is 0 Å². The Morgan fingerprint density at radius 1 is 0.462 bits per heavy atom. The third-order valence-corrected chi connectivity index (χ3v) is 2.46. The van der Waals surface area contributed by atoms with Crippen LogP contribution in [0.15, 0.2) is 0 Å². The lowest BCUT2D eigenvalue weighted by Crippen LogP contribution is -1.80. The maximum Gasteiger partial charge on any atom is 0.316 e. The lowest BCUT2D eigenvalue weighted by molar-refractivity contribution is 0.562. The highest BCUT2D eigenvalue weighted by molar-refractivity contribution is 5.75. The molecule has 0 aliphatic carbocycles. The van der Waals surface area contributed by atoms with Gasteiger partial charge in [0, 0.05) is 0 Å². The van der Waals surface area contributed by atoms with E-state index >= 15 is 0 Å². The van der Waals surface area contributed by atoms with Crippen molar-refractivity contribution >= 4 is 23.1 Å². The predicted molar refractivity (Wildman–Crippen MR) is 66.1 cm³/mol. The molecule has 78 valence electrons. The Morgan fingerprint density at radius 3 is 0.923 bits per heavy atom. The van der Waals surface area contributed by atoms with Gasteiger partial charge in [-0.15, -0.1) is 0 Å². The molecule has 0 aliphatic rings. The van der Waals surface area contributed by atoms with E-state index in [1.165, 1.54) is 64.2 Å². The topological polar surface area (TPSA) is 0 Å². The van der Waals surface area contributed by atoms with Crippen molar-refractivity contribution in [1.29, 1.82) is 0 Å². The minimum atomic E-state index is 0. The summed E-state index contributed by atoms with van der Waals surface area (Å²) in [5.41, 5.74) is 0. The molecule has 0 nitrogen and oxygen atoms in total. The van der Waals surface area contributed by atoms with Gasteiger partial charge < -0.3 is 0 Å². The summed E-state index contributed by atoms with van der Waals surface area (Å²) in [4.78, 5) is 0. The van der Waals surface area contributed by atoms with E-state index < -0.39 is 0 Å². The summed E-state index contributed by atoms with van der Waals surface area (Å²) >= 11 is 0. The first kappa shape index (κ1) is 16.2. The molecule has 1 heteroatoms. The Labute approximate surface area is 101 Å². The summed E-state index contributed by atoms with van der Waals surface area (Å²) in [5, 5.41) is 0. The van der Waals surface area contributed by atoms with Crippen LogP contribution in [-0.2, 0) is 0 Å². The molecule has 0 atom stereocenters. The van der Waals surface area contributed by atoms with Gasteiger partial charge in [0.1, 0.15) is 0 Å². The SMILES string of the molecule is CCCCCCCCCCCC.[MgH2]. The Balaban J connectivity index is 0. The molecular formula is C12H28Mg. The van der Waals surface area contributed by atoms with E-state index in [2.05, 4.69) is 13.8 Å². The molecule has 0 rings (SSSR count). The smallest absolute Gasteiger partial charge is 0.0654 e. The zero-order valence-corrected chi connectivity index (χ0v) is 9.07. The second kappa shape index (κ2) is 15.2. The van der Waals surface area contributed by atoms with Crippen molar-refractivity contribution in [3.05, 3.63) is 0 Å². The average Bonchev–Trinajstić information content (AvgIpc) is 2.10. The van der Waals surface area contributed by atoms with Crippen LogP contribution in [0.1, 0.15) is 78.1 Å². The predicted octanol–water partition coefficient (Wildman–Crippen LogP) is 4.01. The monoisotopic (exact) mass is 196 g/mol. The van der Waals surface area contributed by atoms with Crippen molar-refractivity contribution < 1.29 is 0 Å². The highest BCUT2D eigenvalue weighted by Crippen LogP contribution is 2.09. The molecule has 0 bridgehead atoms. The second-order valence-corrected chi connectivity index (χ2v) is 3.83. The summed E-state index contributed by atoms with van der Waals surface area (Å²) in [7, 11) is 0. The average molecular weight is 197 g/mol. The number of hydrogen-bond donors (Lipinski definition) is 0. The van der Waals surface area contributed by atoms with Gasteiger partial charge in [0.15, 0.2) is 0 Å². The van der Waals surface area contributed by atoms with Crippen LogP contribution in [0.4, 0.5) is 0 Å². The van der Waals surface area contributed by atoms with E-state index in [1.54, 1.807) is 0 Å². The molecule has 0 aromatic rings. The molecule has 0 saturated carbocycles. The second-order valence-electron chi connectivity index (χ2n) is 3.83. The van der Waals surface area contributed by atoms with E-state index in [0.717, 1.165) is 0 Å².